The molecule has 2 aromatic carbocycles. The molecular weight excluding hydrogens is 372 g/mol. The van der Waals surface area contributed by atoms with Gasteiger partial charge in [-0.2, -0.15) is 0 Å². The number of sulfone groups is 1. The summed E-state index contributed by atoms with van der Waals surface area (Å²) in [6.07, 6.45) is 0.0358. The van der Waals surface area contributed by atoms with E-state index in [1.54, 1.807) is 29.2 Å². The van der Waals surface area contributed by atoms with Gasteiger partial charge in [0, 0.05) is 39.1 Å². The topological polar surface area (TPSA) is 57.7 Å². The summed E-state index contributed by atoms with van der Waals surface area (Å²) in [7, 11) is -3.42. The summed E-state index contributed by atoms with van der Waals surface area (Å²) < 4.78 is 24.9. The summed E-state index contributed by atoms with van der Waals surface area (Å²) >= 11 is 0. The highest BCUT2D eigenvalue weighted by molar-refractivity contribution is 7.91. The van der Waals surface area contributed by atoms with Crippen LogP contribution in [-0.2, 0) is 21.2 Å². The molecular formula is C22H28N2O3S. The highest BCUT2D eigenvalue weighted by Crippen LogP contribution is 2.15. The first-order chi connectivity index (χ1) is 13.3. The number of hydrogen-bond acceptors (Lipinski definition) is 4. The van der Waals surface area contributed by atoms with Crippen LogP contribution in [0.2, 0.25) is 0 Å². The van der Waals surface area contributed by atoms with Crippen molar-refractivity contribution in [1.82, 2.24) is 9.80 Å². The van der Waals surface area contributed by atoms with Crippen LogP contribution in [0.15, 0.2) is 53.4 Å². The molecule has 6 heteroatoms. The average Bonchev–Trinajstić information content (AvgIpc) is 2.67. The number of carbonyl (C=O) groups is 1. The molecule has 5 nitrogen and oxygen atoms in total. The third-order valence-electron chi connectivity index (χ3n) is 5.18. The van der Waals surface area contributed by atoms with Crippen LogP contribution in [0.1, 0.15) is 23.1 Å². The van der Waals surface area contributed by atoms with Gasteiger partial charge in [0.2, 0.25) is 5.91 Å². The van der Waals surface area contributed by atoms with E-state index in [4.69, 9.17) is 0 Å². The Kier molecular flexibility index (Phi) is 6.52. The van der Waals surface area contributed by atoms with E-state index < -0.39 is 9.84 Å². The first kappa shape index (κ1) is 20.6. The standard InChI is InChI=1S/C22H28N2O3S/c1-18-6-8-21(9-7-18)28(26,27)15-10-22(25)24-13-11-23(12-14-24)17-20-5-3-4-19(2)16-20/h3-9,16H,10-15,17H2,1-2H3. The molecule has 1 saturated heterocycles. The van der Waals surface area contributed by atoms with Crippen LogP contribution in [0.25, 0.3) is 0 Å². The van der Waals surface area contributed by atoms with Crippen LogP contribution in [0.3, 0.4) is 0 Å². The van der Waals surface area contributed by atoms with Crippen molar-refractivity contribution in [3.05, 3.63) is 65.2 Å². The minimum atomic E-state index is -3.42. The Morgan fingerprint density at radius 1 is 0.929 bits per heavy atom. The van der Waals surface area contributed by atoms with Gasteiger partial charge in [-0.25, -0.2) is 8.42 Å². The van der Waals surface area contributed by atoms with Crippen molar-refractivity contribution in [3.63, 3.8) is 0 Å². The Morgan fingerprint density at radius 3 is 2.25 bits per heavy atom. The lowest BCUT2D eigenvalue weighted by atomic mass is 10.1. The molecule has 0 aliphatic carbocycles. The van der Waals surface area contributed by atoms with Gasteiger partial charge < -0.3 is 4.90 Å². The van der Waals surface area contributed by atoms with Gasteiger partial charge >= 0.3 is 0 Å². The predicted octanol–water partition coefficient (Wildman–Crippen LogP) is 2.81. The fourth-order valence-electron chi connectivity index (χ4n) is 3.47. The second-order valence-corrected chi connectivity index (χ2v) is 9.64. The van der Waals surface area contributed by atoms with Gasteiger partial charge in [0.1, 0.15) is 0 Å². The first-order valence-electron chi connectivity index (χ1n) is 9.68. The van der Waals surface area contributed by atoms with E-state index in [-0.39, 0.29) is 23.0 Å². The third kappa shape index (κ3) is 5.42. The zero-order chi connectivity index (χ0) is 20.1. The lowest BCUT2D eigenvalue weighted by Crippen LogP contribution is -2.48. The molecule has 1 heterocycles. The van der Waals surface area contributed by atoms with E-state index in [1.807, 2.05) is 6.92 Å². The third-order valence-corrected chi connectivity index (χ3v) is 6.91. The van der Waals surface area contributed by atoms with E-state index >= 15 is 0 Å². The van der Waals surface area contributed by atoms with E-state index in [1.165, 1.54) is 11.1 Å². The molecule has 0 aromatic heterocycles. The monoisotopic (exact) mass is 400 g/mol. The number of nitrogens with zero attached hydrogens (tertiary/aromatic N) is 2. The van der Waals surface area contributed by atoms with Crippen molar-refractivity contribution >= 4 is 15.7 Å². The summed E-state index contributed by atoms with van der Waals surface area (Å²) in [5.74, 6) is -0.218. The Labute approximate surface area is 167 Å². The highest BCUT2D eigenvalue weighted by atomic mass is 32.2. The molecule has 1 amide bonds. The number of amides is 1. The molecule has 2 aromatic rings. The van der Waals surface area contributed by atoms with E-state index in [2.05, 4.69) is 36.1 Å². The van der Waals surface area contributed by atoms with Crippen LogP contribution in [0.4, 0.5) is 0 Å². The Bertz CT molecular complexity index is 915. The van der Waals surface area contributed by atoms with Crippen LogP contribution in [0.5, 0.6) is 0 Å². The van der Waals surface area contributed by atoms with Gasteiger partial charge in [0.05, 0.1) is 10.6 Å². The zero-order valence-electron chi connectivity index (χ0n) is 16.6. The molecule has 0 bridgehead atoms. The predicted molar refractivity (Wildman–Crippen MR) is 111 cm³/mol. The maximum absolute atomic E-state index is 12.5. The smallest absolute Gasteiger partial charge is 0.223 e. The van der Waals surface area contributed by atoms with Gasteiger partial charge in [-0.3, -0.25) is 9.69 Å². The van der Waals surface area contributed by atoms with Gasteiger partial charge in [0.15, 0.2) is 9.84 Å². The van der Waals surface area contributed by atoms with Gasteiger partial charge in [0.25, 0.3) is 0 Å². The van der Waals surface area contributed by atoms with E-state index in [0.29, 0.717) is 13.1 Å². The van der Waals surface area contributed by atoms with Gasteiger partial charge in [-0.1, -0.05) is 47.5 Å². The molecule has 28 heavy (non-hydrogen) atoms. The summed E-state index contributed by atoms with van der Waals surface area (Å²) in [5, 5.41) is 0. The van der Waals surface area contributed by atoms with Gasteiger partial charge in [-0.15, -0.1) is 0 Å². The van der Waals surface area contributed by atoms with Crippen molar-refractivity contribution < 1.29 is 13.2 Å². The van der Waals surface area contributed by atoms with Crippen LogP contribution in [-0.4, -0.2) is 56.1 Å². The van der Waals surface area contributed by atoms with Crippen molar-refractivity contribution in [3.8, 4) is 0 Å². The summed E-state index contributed by atoms with van der Waals surface area (Å²) in [5.41, 5.74) is 3.55. The normalized spacial score (nSPS) is 15.6. The quantitative estimate of drug-likeness (QED) is 0.748. The average molecular weight is 401 g/mol. The minimum Gasteiger partial charge on any atom is -0.340 e. The van der Waals surface area contributed by atoms with Crippen molar-refractivity contribution in [2.24, 2.45) is 0 Å². The molecule has 150 valence electrons. The molecule has 0 saturated carbocycles. The largest absolute Gasteiger partial charge is 0.340 e. The lowest BCUT2D eigenvalue weighted by Gasteiger charge is -2.34. The molecule has 0 spiro atoms. The molecule has 0 N–H and O–H groups in total. The van der Waals surface area contributed by atoms with Gasteiger partial charge in [-0.05, 0) is 31.5 Å². The molecule has 0 radical (unpaired) electrons. The van der Waals surface area contributed by atoms with E-state index in [9.17, 15) is 13.2 Å². The van der Waals surface area contributed by atoms with Crippen molar-refractivity contribution in [1.29, 1.82) is 0 Å². The molecule has 3 rings (SSSR count). The number of aryl methyl sites for hydroxylation is 2. The molecule has 1 fully saturated rings. The number of rotatable bonds is 6. The van der Waals surface area contributed by atoms with E-state index in [0.717, 1.165) is 25.2 Å². The maximum atomic E-state index is 12.5. The molecule has 0 unspecified atom stereocenters. The molecule has 0 atom stereocenters. The van der Waals surface area contributed by atoms with Crippen LogP contribution >= 0.6 is 0 Å². The second kappa shape index (κ2) is 8.88. The number of carbonyl (C=O) groups excluding carboxylic acids is 1. The fraction of sp³-hybridized carbons (Fsp3) is 0.409. The van der Waals surface area contributed by atoms with Crippen molar-refractivity contribution in [2.75, 3.05) is 31.9 Å². The SMILES string of the molecule is Cc1ccc(S(=O)(=O)CCC(=O)N2CCN(Cc3cccc(C)c3)CC2)cc1. The Hall–Kier alpha value is -2.18. The summed E-state index contributed by atoms with van der Waals surface area (Å²) in [6.45, 7) is 7.80. The highest BCUT2D eigenvalue weighted by Gasteiger charge is 2.23. The van der Waals surface area contributed by atoms with Crippen LogP contribution in [0, 0.1) is 13.8 Å². The first-order valence-corrected chi connectivity index (χ1v) is 11.3. The zero-order valence-corrected chi connectivity index (χ0v) is 17.4. The number of piperazine rings is 1. The Morgan fingerprint density at radius 2 is 1.61 bits per heavy atom. The summed E-state index contributed by atoms with van der Waals surface area (Å²) in [4.78, 5) is 16.9. The van der Waals surface area contributed by atoms with Crippen molar-refractivity contribution in [2.45, 2.75) is 31.7 Å². The number of hydrogen-bond donors (Lipinski definition) is 0. The number of benzene rings is 2. The minimum absolute atomic E-state index is 0.0358. The van der Waals surface area contributed by atoms with Crippen LogP contribution < -0.4 is 0 Å². The fourth-order valence-corrected chi connectivity index (χ4v) is 4.70. The Balaban J connectivity index is 1.48. The molecule has 1 aliphatic rings. The lowest BCUT2D eigenvalue weighted by molar-refractivity contribution is -0.132. The second-order valence-electron chi connectivity index (χ2n) is 7.53. The summed E-state index contributed by atoms with van der Waals surface area (Å²) in [6, 6.07) is 15.3. The maximum Gasteiger partial charge on any atom is 0.223 e. The molecule has 1 aliphatic heterocycles.